The molecule has 1 aliphatic heterocycles. The summed E-state index contributed by atoms with van der Waals surface area (Å²) in [6.07, 6.45) is 1.59. The molecule has 0 amide bonds. The van der Waals surface area contributed by atoms with Crippen molar-refractivity contribution < 1.29 is 9.15 Å². The van der Waals surface area contributed by atoms with E-state index in [0.29, 0.717) is 6.61 Å². The highest BCUT2D eigenvalue weighted by atomic mass is 16.5. The van der Waals surface area contributed by atoms with Crippen LogP contribution in [0.4, 0.5) is 11.5 Å². The van der Waals surface area contributed by atoms with Crippen molar-refractivity contribution in [3.8, 4) is 17.1 Å². The Morgan fingerprint density at radius 2 is 1.68 bits per heavy atom. The number of fused-ring (bicyclic) bond motifs is 1. The highest BCUT2D eigenvalue weighted by molar-refractivity contribution is 5.93. The Labute approximate surface area is 222 Å². The monoisotopic (exact) mass is 505 g/mol. The molecule has 0 bridgehead atoms. The lowest BCUT2D eigenvalue weighted by atomic mass is 10.1. The quantitative estimate of drug-likeness (QED) is 0.279. The van der Waals surface area contributed by atoms with Gasteiger partial charge in [0.1, 0.15) is 36.0 Å². The Kier molecular flexibility index (Phi) is 7.02. The Balaban J connectivity index is 1.16. The topological polar surface area (TPSA) is 66.7 Å². The molecule has 1 fully saturated rings. The van der Waals surface area contributed by atoms with Crippen molar-refractivity contribution in [1.29, 1.82) is 0 Å². The van der Waals surface area contributed by atoms with Gasteiger partial charge in [0.15, 0.2) is 0 Å². The van der Waals surface area contributed by atoms with Crippen LogP contribution in [0.15, 0.2) is 95.7 Å². The van der Waals surface area contributed by atoms with Crippen molar-refractivity contribution >= 4 is 22.4 Å². The lowest BCUT2D eigenvalue weighted by molar-refractivity contribution is 0.140. The van der Waals surface area contributed by atoms with Crippen LogP contribution < -0.4 is 10.1 Å². The molecule has 3 heterocycles. The first-order valence-electron chi connectivity index (χ1n) is 13.0. The summed E-state index contributed by atoms with van der Waals surface area (Å²) >= 11 is 0. The normalized spacial score (nSPS) is 14.6. The standard InChI is InChI=1S/C31H31N5O2/c1-35-15-17-36(18-16-35)20-27-12-14-30(38-27)24-7-13-29-28(19-24)31(33-22-32-29)34-25-8-10-26(11-9-25)37-21-23-5-3-2-4-6-23/h2-14,19,22H,15-18,20-21H2,1H3,(H,32,33,34). The summed E-state index contributed by atoms with van der Waals surface area (Å²) in [4.78, 5) is 13.8. The van der Waals surface area contributed by atoms with Gasteiger partial charge in [0.25, 0.3) is 0 Å². The fourth-order valence-electron chi connectivity index (χ4n) is 4.67. The van der Waals surface area contributed by atoms with E-state index in [4.69, 9.17) is 9.15 Å². The second kappa shape index (κ2) is 11.0. The molecule has 1 saturated heterocycles. The van der Waals surface area contributed by atoms with Crippen LogP contribution >= 0.6 is 0 Å². The molecule has 192 valence electrons. The summed E-state index contributed by atoms with van der Waals surface area (Å²) < 4.78 is 12.2. The van der Waals surface area contributed by atoms with Gasteiger partial charge in [-0.05, 0) is 67.2 Å². The number of aromatic nitrogens is 2. The van der Waals surface area contributed by atoms with Crippen molar-refractivity contribution in [2.75, 3.05) is 38.5 Å². The van der Waals surface area contributed by atoms with E-state index in [2.05, 4.69) is 68.5 Å². The van der Waals surface area contributed by atoms with Crippen LogP contribution in [-0.4, -0.2) is 53.0 Å². The SMILES string of the molecule is CN1CCN(Cc2ccc(-c3ccc4ncnc(Nc5ccc(OCc6ccccc6)cc5)c4c3)o2)CC1. The van der Waals surface area contributed by atoms with Crippen LogP contribution in [0.25, 0.3) is 22.2 Å². The van der Waals surface area contributed by atoms with Crippen molar-refractivity contribution in [1.82, 2.24) is 19.8 Å². The number of benzene rings is 3. The van der Waals surface area contributed by atoms with E-state index in [-0.39, 0.29) is 0 Å². The Hall–Kier alpha value is -4.20. The second-order valence-corrected chi connectivity index (χ2v) is 9.72. The molecule has 1 aliphatic rings. The molecule has 0 spiro atoms. The highest BCUT2D eigenvalue weighted by Gasteiger charge is 2.16. The van der Waals surface area contributed by atoms with Crippen LogP contribution in [0.5, 0.6) is 5.75 Å². The summed E-state index contributed by atoms with van der Waals surface area (Å²) in [5.74, 6) is 3.41. The first kappa shape index (κ1) is 24.2. The van der Waals surface area contributed by atoms with Gasteiger partial charge >= 0.3 is 0 Å². The molecular formula is C31H31N5O2. The maximum absolute atomic E-state index is 6.24. The van der Waals surface area contributed by atoms with Gasteiger partial charge in [0.05, 0.1) is 12.1 Å². The molecule has 0 saturated carbocycles. The average Bonchev–Trinajstić information content (AvgIpc) is 3.43. The number of hydrogen-bond acceptors (Lipinski definition) is 7. The zero-order valence-corrected chi connectivity index (χ0v) is 21.5. The summed E-state index contributed by atoms with van der Waals surface area (Å²) in [5.41, 5.74) is 3.94. The molecule has 0 atom stereocenters. The number of piperazine rings is 1. The van der Waals surface area contributed by atoms with Crippen molar-refractivity contribution in [3.05, 3.63) is 103 Å². The summed E-state index contributed by atoms with van der Waals surface area (Å²) in [5, 5.41) is 4.38. The molecule has 3 aromatic carbocycles. The van der Waals surface area contributed by atoms with E-state index in [9.17, 15) is 0 Å². The third kappa shape index (κ3) is 5.69. The maximum atomic E-state index is 6.24. The van der Waals surface area contributed by atoms with Crippen molar-refractivity contribution in [2.24, 2.45) is 0 Å². The van der Waals surface area contributed by atoms with Gasteiger partial charge in [-0.3, -0.25) is 4.90 Å². The van der Waals surface area contributed by atoms with Gasteiger partial charge in [0, 0.05) is 42.8 Å². The van der Waals surface area contributed by atoms with E-state index < -0.39 is 0 Å². The molecule has 38 heavy (non-hydrogen) atoms. The summed E-state index contributed by atoms with van der Waals surface area (Å²) in [6.45, 7) is 5.69. The fourth-order valence-corrected chi connectivity index (χ4v) is 4.67. The minimum Gasteiger partial charge on any atom is -0.489 e. The molecule has 2 aromatic heterocycles. The van der Waals surface area contributed by atoms with Crippen LogP contribution in [0.1, 0.15) is 11.3 Å². The number of rotatable bonds is 8. The largest absolute Gasteiger partial charge is 0.489 e. The van der Waals surface area contributed by atoms with E-state index in [1.165, 1.54) is 0 Å². The molecule has 0 aliphatic carbocycles. The third-order valence-corrected chi connectivity index (χ3v) is 6.92. The Morgan fingerprint density at radius 1 is 0.868 bits per heavy atom. The van der Waals surface area contributed by atoms with E-state index in [1.807, 2.05) is 48.5 Å². The lowest BCUT2D eigenvalue weighted by Crippen LogP contribution is -2.43. The summed E-state index contributed by atoms with van der Waals surface area (Å²) in [6, 6.07) is 28.4. The molecule has 6 rings (SSSR count). The molecule has 0 radical (unpaired) electrons. The minimum absolute atomic E-state index is 0.539. The molecular weight excluding hydrogens is 474 g/mol. The molecule has 0 unspecified atom stereocenters. The number of likely N-dealkylation sites (N-methyl/N-ethyl adjacent to an activating group) is 1. The molecule has 1 N–H and O–H groups in total. The molecule has 7 nitrogen and oxygen atoms in total. The highest BCUT2D eigenvalue weighted by Crippen LogP contribution is 2.30. The number of furan rings is 1. The number of nitrogens with zero attached hydrogens (tertiary/aromatic N) is 4. The van der Waals surface area contributed by atoms with Crippen LogP contribution in [-0.2, 0) is 13.2 Å². The fraction of sp³-hybridized carbons (Fsp3) is 0.226. The van der Waals surface area contributed by atoms with E-state index in [1.54, 1.807) is 6.33 Å². The minimum atomic E-state index is 0.539. The zero-order chi connectivity index (χ0) is 25.7. The van der Waals surface area contributed by atoms with E-state index >= 15 is 0 Å². The predicted octanol–water partition coefficient (Wildman–Crippen LogP) is 5.96. The number of hydrogen-bond donors (Lipinski definition) is 1. The van der Waals surface area contributed by atoms with Gasteiger partial charge in [-0.25, -0.2) is 9.97 Å². The molecule has 7 heteroatoms. The third-order valence-electron chi connectivity index (χ3n) is 6.92. The first-order valence-corrected chi connectivity index (χ1v) is 13.0. The molecule has 5 aromatic rings. The van der Waals surface area contributed by atoms with Gasteiger partial charge in [0.2, 0.25) is 0 Å². The van der Waals surface area contributed by atoms with Crippen LogP contribution in [0.3, 0.4) is 0 Å². The first-order chi connectivity index (χ1) is 18.7. The van der Waals surface area contributed by atoms with Crippen LogP contribution in [0, 0.1) is 0 Å². The number of nitrogens with one attached hydrogen (secondary N) is 1. The average molecular weight is 506 g/mol. The van der Waals surface area contributed by atoms with Gasteiger partial charge in [-0.15, -0.1) is 0 Å². The van der Waals surface area contributed by atoms with Crippen molar-refractivity contribution in [3.63, 3.8) is 0 Å². The zero-order valence-electron chi connectivity index (χ0n) is 21.5. The van der Waals surface area contributed by atoms with Gasteiger partial charge in [-0.2, -0.15) is 0 Å². The second-order valence-electron chi connectivity index (χ2n) is 9.72. The van der Waals surface area contributed by atoms with Crippen molar-refractivity contribution in [2.45, 2.75) is 13.2 Å². The Bertz CT molecular complexity index is 1490. The van der Waals surface area contributed by atoms with Gasteiger partial charge in [-0.1, -0.05) is 30.3 Å². The van der Waals surface area contributed by atoms with E-state index in [0.717, 1.165) is 83.5 Å². The predicted molar refractivity (Wildman–Crippen MR) is 151 cm³/mol. The maximum Gasteiger partial charge on any atom is 0.141 e. The number of ether oxygens (including phenoxy) is 1. The summed E-state index contributed by atoms with van der Waals surface area (Å²) in [7, 11) is 2.17. The van der Waals surface area contributed by atoms with Crippen LogP contribution in [0.2, 0.25) is 0 Å². The Morgan fingerprint density at radius 3 is 2.50 bits per heavy atom. The smallest absolute Gasteiger partial charge is 0.141 e. The van der Waals surface area contributed by atoms with Gasteiger partial charge < -0.3 is 19.4 Å². The lowest BCUT2D eigenvalue weighted by Gasteiger charge is -2.31. The number of anilines is 2.